The van der Waals surface area contributed by atoms with Crippen molar-refractivity contribution in [1.82, 2.24) is 4.98 Å². The summed E-state index contributed by atoms with van der Waals surface area (Å²) in [6, 6.07) is 2.68. The minimum Gasteiger partial charge on any atom is -0.353 e. The van der Waals surface area contributed by atoms with Crippen LogP contribution in [-0.4, -0.2) is 17.6 Å². The van der Waals surface area contributed by atoms with Crippen LogP contribution in [0.2, 0.25) is 0 Å². The lowest BCUT2D eigenvalue weighted by Gasteiger charge is -2.40. The van der Waals surface area contributed by atoms with E-state index < -0.39 is 0 Å². The Morgan fingerprint density at radius 1 is 1.39 bits per heavy atom. The maximum Gasteiger partial charge on any atom is 0.133 e. The lowest BCUT2D eigenvalue weighted by molar-refractivity contribution is 0.361. The molecule has 18 heavy (non-hydrogen) atoms. The molecule has 100 valence electrons. The number of nitrogens with two attached hydrogens (primary N) is 1. The van der Waals surface area contributed by atoms with Crippen molar-refractivity contribution in [1.29, 1.82) is 0 Å². The molecule has 1 fully saturated rings. The molecule has 2 atom stereocenters. The Morgan fingerprint density at radius 2 is 2.11 bits per heavy atom. The number of pyridine rings is 1. The molecular formula is C15H25N3. The maximum atomic E-state index is 5.92. The summed E-state index contributed by atoms with van der Waals surface area (Å²) in [5.74, 6) is 1.85. The maximum absolute atomic E-state index is 5.92. The molecule has 2 N–H and O–H groups in total. The van der Waals surface area contributed by atoms with E-state index >= 15 is 0 Å². The fourth-order valence-electron chi connectivity index (χ4n) is 2.97. The van der Waals surface area contributed by atoms with E-state index in [0.717, 1.165) is 24.0 Å². The molecule has 0 amide bonds. The molecular weight excluding hydrogens is 222 g/mol. The van der Waals surface area contributed by atoms with Crippen LogP contribution in [-0.2, 0) is 6.54 Å². The number of aryl methyl sites for hydroxylation is 2. The van der Waals surface area contributed by atoms with Crippen molar-refractivity contribution in [3.05, 3.63) is 22.9 Å². The summed E-state index contributed by atoms with van der Waals surface area (Å²) in [5, 5.41) is 0. The van der Waals surface area contributed by atoms with Gasteiger partial charge in [-0.05, 0) is 51.2 Å². The zero-order chi connectivity index (χ0) is 13.3. The number of nitrogens with zero attached hydrogens (tertiary/aromatic N) is 2. The molecule has 1 aliphatic heterocycles. The normalized spacial score (nSPS) is 24.4. The Labute approximate surface area is 110 Å². The highest BCUT2D eigenvalue weighted by molar-refractivity contribution is 5.52. The largest absolute Gasteiger partial charge is 0.353 e. The molecule has 0 aliphatic carbocycles. The Kier molecular flexibility index (Phi) is 3.91. The lowest BCUT2D eigenvalue weighted by Crippen LogP contribution is -2.43. The third-order valence-electron chi connectivity index (χ3n) is 4.30. The fourth-order valence-corrected chi connectivity index (χ4v) is 2.97. The second kappa shape index (κ2) is 5.27. The van der Waals surface area contributed by atoms with Gasteiger partial charge in [-0.25, -0.2) is 4.98 Å². The zero-order valence-electron chi connectivity index (χ0n) is 12.0. The van der Waals surface area contributed by atoms with Crippen LogP contribution >= 0.6 is 0 Å². The minimum absolute atomic E-state index is 0.553. The lowest BCUT2D eigenvalue weighted by atomic mass is 9.91. The van der Waals surface area contributed by atoms with Gasteiger partial charge in [-0.15, -0.1) is 0 Å². The zero-order valence-corrected chi connectivity index (χ0v) is 12.0. The molecule has 0 saturated carbocycles. The van der Waals surface area contributed by atoms with E-state index in [4.69, 9.17) is 10.7 Å². The number of piperidine rings is 1. The van der Waals surface area contributed by atoms with Gasteiger partial charge in [-0.1, -0.05) is 6.92 Å². The first-order valence-corrected chi connectivity index (χ1v) is 6.98. The summed E-state index contributed by atoms with van der Waals surface area (Å²) in [5.41, 5.74) is 9.49. The van der Waals surface area contributed by atoms with Crippen molar-refractivity contribution in [2.45, 2.75) is 53.1 Å². The minimum atomic E-state index is 0.553. The molecule has 3 heteroatoms. The molecule has 1 aromatic rings. The summed E-state index contributed by atoms with van der Waals surface area (Å²) >= 11 is 0. The van der Waals surface area contributed by atoms with E-state index in [0.29, 0.717) is 12.6 Å². The van der Waals surface area contributed by atoms with Gasteiger partial charge in [0, 0.05) is 30.4 Å². The number of aromatic nitrogens is 1. The molecule has 1 saturated heterocycles. The third-order valence-corrected chi connectivity index (χ3v) is 4.30. The Hall–Kier alpha value is -1.09. The van der Waals surface area contributed by atoms with E-state index in [1.165, 1.54) is 24.0 Å². The first-order valence-electron chi connectivity index (χ1n) is 6.98. The Morgan fingerprint density at radius 3 is 2.78 bits per heavy atom. The molecule has 1 aromatic heterocycles. The van der Waals surface area contributed by atoms with Gasteiger partial charge in [0.2, 0.25) is 0 Å². The molecule has 2 heterocycles. The van der Waals surface area contributed by atoms with Crippen molar-refractivity contribution in [2.24, 2.45) is 11.7 Å². The number of hydrogen-bond acceptors (Lipinski definition) is 3. The summed E-state index contributed by atoms with van der Waals surface area (Å²) in [6.45, 7) is 10.5. The van der Waals surface area contributed by atoms with Crippen LogP contribution in [0.25, 0.3) is 0 Å². The first kappa shape index (κ1) is 13.3. The Bertz CT molecular complexity index is 428. The van der Waals surface area contributed by atoms with Gasteiger partial charge in [0.1, 0.15) is 5.82 Å². The fraction of sp³-hybridized carbons (Fsp3) is 0.667. The highest BCUT2D eigenvalue weighted by Crippen LogP contribution is 2.30. The topological polar surface area (TPSA) is 42.1 Å². The van der Waals surface area contributed by atoms with E-state index in [2.05, 4.69) is 38.7 Å². The van der Waals surface area contributed by atoms with Gasteiger partial charge in [0.05, 0.1) is 0 Å². The van der Waals surface area contributed by atoms with Crippen molar-refractivity contribution in [2.75, 3.05) is 11.4 Å². The second-order valence-electron chi connectivity index (χ2n) is 5.64. The van der Waals surface area contributed by atoms with Crippen molar-refractivity contribution < 1.29 is 0 Å². The average Bonchev–Trinajstić information content (AvgIpc) is 2.32. The standard InChI is InChI=1S/C15H25N3/c1-10-6-5-7-18(13(10)4)15-14(9-16)11(2)8-12(3)17-15/h8,10,13H,5-7,9,16H2,1-4H3. The van der Waals surface area contributed by atoms with Gasteiger partial charge in [-0.3, -0.25) is 0 Å². The van der Waals surface area contributed by atoms with Gasteiger partial charge in [0.15, 0.2) is 0 Å². The van der Waals surface area contributed by atoms with E-state index in [1.807, 2.05) is 0 Å². The predicted molar refractivity (Wildman–Crippen MR) is 76.8 cm³/mol. The number of hydrogen-bond donors (Lipinski definition) is 1. The molecule has 0 spiro atoms. The van der Waals surface area contributed by atoms with E-state index in [-0.39, 0.29) is 0 Å². The van der Waals surface area contributed by atoms with Crippen molar-refractivity contribution >= 4 is 5.82 Å². The molecule has 0 radical (unpaired) electrons. The molecule has 0 bridgehead atoms. The molecule has 2 rings (SSSR count). The summed E-state index contributed by atoms with van der Waals surface area (Å²) < 4.78 is 0. The SMILES string of the molecule is Cc1cc(C)c(CN)c(N2CCCC(C)C2C)n1. The van der Waals surface area contributed by atoms with Crippen LogP contribution in [0, 0.1) is 19.8 Å². The van der Waals surface area contributed by atoms with Crippen molar-refractivity contribution in [3.63, 3.8) is 0 Å². The smallest absolute Gasteiger partial charge is 0.133 e. The Balaban J connectivity index is 2.43. The van der Waals surface area contributed by atoms with Crippen LogP contribution in [0.1, 0.15) is 43.5 Å². The molecule has 3 nitrogen and oxygen atoms in total. The van der Waals surface area contributed by atoms with Crippen LogP contribution < -0.4 is 10.6 Å². The highest BCUT2D eigenvalue weighted by atomic mass is 15.2. The molecule has 2 unspecified atom stereocenters. The monoisotopic (exact) mass is 247 g/mol. The van der Waals surface area contributed by atoms with E-state index in [1.54, 1.807) is 0 Å². The van der Waals surface area contributed by atoms with Gasteiger partial charge >= 0.3 is 0 Å². The van der Waals surface area contributed by atoms with Crippen LogP contribution in [0.3, 0.4) is 0 Å². The highest BCUT2D eigenvalue weighted by Gasteiger charge is 2.27. The second-order valence-corrected chi connectivity index (χ2v) is 5.64. The third kappa shape index (κ3) is 2.37. The van der Waals surface area contributed by atoms with Crippen LogP contribution in [0.4, 0.5) is 5.82 Å². The molecule has 1 aliphatic rings. The van der Waals surface area contributed by atoms with Gasteiger partial charge in [0.25, 0.3) is 0 Å². The predicted octanol–water partition coefficient (Wildman–Crippen LogP) is 2.78. The van der Waals surface area contributed by atoms with Crippen molar-refractivity contribution in [3.8, 4) is 0 Å². The summed E-state index contributed by atoms with van der Waals surface area (Å²) in [7, 11) is 0. The summed E-state index contributed by atoms with van der Waals surface area (Å²) in [4.78, 5) is 7.21. The number of rotatable bonds is 2. The first-order chi connectivity index (χ1) is 8.54. The quantitative estimate of drug-likeness (QED) is 0.874. The van der Waals surface area contributed by atoms with Gasteiger partial charge in [-0.2, -0.15) is 0 Å². The number of anilines is 1. The van der Waals surface area contributed by atoms with E-state index in [9.17, 15) is 0 Å². The summed E-state index contributed by atoms with van der Waals surface area (Å²) in [6.07, 6.45) is 2.57. The van der Waals surface area contributed by atoms with Crippen LogP contribution in [0.5, 0.6) is 0 Å². The van der Waals surface area contributed by atoms with Gasteiger partial charge < -0.3 is 10.6 Å². The molecule has 0 aromatic carbocycles. The van der Waals surface area contributed by atoms with Crippen LogP contribution in [0.15, 0.2) is 6.07 Å². The average molecular weight is 247 g/mol.